The number of rotatable bonds is 2. The van der Waals surface area contributed by atoms with Crippen LogP contribution < -0.4 is 10.5 Å². The number of nitrogens with zero attached hydrogens (tertiary/aromatic N) is 1. The standard InChI is InChI=1S/C17H26N2O/c1-12-6-5-7-13(2)19(12)10-14-11-20-16-9-4-3-8-15(16)17(14)18/h3-4,8-9,12-14,17H,5-7,10-11,18H2,1-2H3. The summed E-state index contributed by atoms with van der Waals surface area (Å²) in [7, 11) is 0. The van der Waals surface area contributed by atoms with Crippen molar-refractivity contribution in [3.8, 4) is 5.75 Å². The van der Waals surface area contributed by atoms with Crippen LogP contribution in [-0.4, -0.2) is 30.1 Å². The fraction of sp³-hybridized carbons (Fsp3) is 0.647. The quantitative estimate of drug-likeness (QED) is 0.901. The molecule has 0 aromatic heterocycles. The summed E-state index contributed by atoms with van der Waals surface area (Å²) in [6, 6.07) is 9.64. The van der Waals surface area contributed by atoms with Gasteiger partial charge in [0, 0.05) is 36.2 Å². The van der Waals surface area contributed by atoms with Gasteiger partial charge >= 0.3 is 0 Å². The normalized spacial score (nSPS) is 34.4. The number of para-hydroxylation sites is 1. The van der Waals surface area contributed by atoms with Gasteiger partial charge in [0.05, 0.1) is 6.61 Å². The average molecular weight is 274 g/mol. The topological polar surface area (TPSA) is 38.5 Å². The SMILES string of the molecule is CC1CCCC(C)N1CC1COc2ccccc2C1N. The van der Waals surface area contributed by atoms with Crippen LogP contribution in [0, 0.1) is 5.92 Å². The molecule has 1 aromatic rings. The van der Waals surface area contributed by atoms with E-state index in [2.05, 4.69) is 30.9 Å². The Kier molecular flexibility index (Phi) is 3.99. The molecule has 0 amide bonds. The van der Waals surface area contributed by atoms with Gasteiger partial charge in [-0.3, -0.25) is 4.90 Å². The summed E-state index contributed by atoms with van der Waals surface area (Å²) >= 11 is 0. The van der Waals surface area contributed by atoms with E-state index in [1.165, 1.54) is 24.8 Å². The van der Waals surface area contributed by atoms with Crippen molar-refractivity contribution in [2.24, 2.45) is 11.7 Å². The fourth-order valence-electron chi connectivity index (χ4n) is 3.71. The summed E-state index contributed by atoms with van der Waals surface area (Å²) in [5.41, 5.74) is 7.66. The monoisotopic (exact) mass is 274 g/mol. The minimum absolute atomic E-state index is 0.0984. The fourth-order valence-corrected chi connectivity index (χ4v) is 3.71. The highest BCUT2D eigenvalue weighted by molar-refractivity contribution is 5.37. The van der Waals surface area contributed by atoms with Crippen molar-refractivity contribution < 1.29 is 4.74 Å². The maximum Gasteiger partial charge on any atom is 0.124 e. The number of likely N-dealkylation sites (tertiary alicyclic amines) is 1. The molecule has 3 rings (SSSR count). The Morgan fingerprint density at radius 1 is 1.20 bits per heavy atom. The summed E-state index contributed by atoms with van der Waals surface area (Å²) in [5, 5.41) is 0. The van der Waals surface area contributed by atoms with Crippen molar-refractivity contribution >= 4 is 0 Å². The molecule has 20 heavy (non-hydrogen) atoms. The van der Waals surface area contributed by atoms with Gasteiger partial charge in [0.15, 0.2) is 0 Å². The summed E-state index contributed by atoms with van der Waals surface area (Å²) in [6.07, 6.45) is 3.97. The number of fused-ring (bicyclic) bond motifs is 1. The second kappa shape index (κ2) is 5.74. The molecule has 2 heterocycles. The molecule has 0 radical (unpaired) electrons. The van der Waals surface area contributed by atoms with Gasteiger partial charge in [-0.25, -0.2) is 0 Å². The molecule has 2 aliphatic rings. The zero-order chi connectivity index (χ0) is 14.1. The summed E-state index contributed by atoms with van der Waals surface area (Å²) in [6.45, 7) is 6.49. The van der Waals surface area contributed by atoms with Crippen LogP contribution in [0.2, 0.25) is 0 Å². The van der Waals surface area contributed by atoms with Crippen LogP contribution in [0.3, 0.4) is 0 Å². The van der Waals surface area contributed by atoms with Crippen molar-refractivity contribution in [3.05, 3.63) is 29.8 Å². The third-order valence-corrected chi connectivity index (χ3v) is 5.06. The first-order valence-corrected chi connectivity index (χ1v) is 7.90. The minimum Gasteiger partial charge on any atom is -0.493 e. The zero-order valence-corrected chi connectivity index (χ0v) is 12.6. The molecule has 110 valence electrons. The van der Waals surface area contributed by atoms with Crippen molar-refractivity contribution in [2.45, 2.75) is 51.2 Å². The molecule has 3 heteroatoms. The predicted octanol–water partition coefficient (Wildman–Crippen LogP) is 2.96. The third kappa shape index (κ3) is 2.57. The number of hydrogen-bond acceptors (Lipinski definition) is 3. The number of hydrogen-bond donors (Lipinski definition) is 1. The first-order chi connectivity index (χ1) is 9.66. The summed E-state index contributed by atoms with van der Waals surface area (Å²) < 4.78 is 5.91. The first-order valence-electron chi connectivity index (χ1n) is 7.90. The highest BCUT2D eigenvalue weighted by Crippen LogP contribution is 2.35. The van der Waals surface area contributed by atoms with Gasteiger partial charge < -0.3 is 10.5 Å². The van der Waals surface area contributed by atoms with E-state index in [4.69, 9.17) is 10.5 Å². The van der Waals surface area contributed by atoms with Crippen molar-refractivity contribution in [3.63, 3.8) is 0 Å². The molecule has 0 bridgehead atoms. The minimum atomic E-state index is 0.0984. The number of nitrogens with two attached hydrogens (primary N) is 1. The number of benzene rings is 1. The summed E-state index contributed by atoms with van der Waals surface area (Å²) in [4.78, 5) is 2.63. The highest BCUT2D eigenvalue weighted by Gasteiger charge is 2.33. The molecule has 1 saturated heterocycles. The second-order valence-corrected chi connectivity index (χ2v) is 6.46. The lowest BCUT2D eigenvalue weighted by Gasteiger charge is -2.43. The van der Waals surface area contributed by atoms with Gasteiger partial charge in [-0.2, -0.15) is 0 Å². The lowest BCUT2D eigenvalue weighted by Crippen LogP contribution is -2.49. The Hall–Kier alpha value is -1.06. The average Bonchev–Trinajstić information content (AvgIpc) is 2.45. The maximum atomic E-state index is 6.49. The van der Waals surface area contributed by atoms with Gasteiger partial charge in [0.25, 0.3) is 0 Å². The molecule has 4 atom stereocenters. The van der Waals surface area contributed by atoms with E-state index in [9.17, 15) is 0 Å². The molecule has 4 unspecified atom stereocenters. The third-order valence-electron chi connectivity index (χ3n) is 5.06. The highest BCUT2D eigenvalue weighted by atomic mass is 16.5. The van der Waals surface area contributed by atoms with Crippen LogP contribution >= 0.6 is 0 Å². The van der Waals surface area contributed by atoms with Gasteiger partial charge in [-0.05, 0) is 32.8 Å². The lowest BCUT2D eigenvalue weighted by molar-refractivity contribution is 0.0579. The maximum absolute atomic E-state index is 6.49. The van der Waals surface area contributed by atoms with E-state index >= 15 is 0 Å². The smallest absolute Gasteiger partial charge is 0.124 e. The Morgan fingerprint density at radius 2 is 1.90 bits per heavy atom. The van der Waals surface area contributed by atoms with E-state index < -0.39 is 0 Å². The Balaban J connectivity index is 1.73. The van der Waals surface area contributed by atoms with Gasteiger partial charge in [0.2, 0.25) is 0 Å². The predicted molar refractivity (Wildman–Crippen MR) is 81.8 cm³/mol. The second-order valence-electron chi connectivity index (χ2n) is 6.46. The molecule has 1 aromatic carbocycles. The van der Waals surface area contributed by atoms with E-state index in [-0.39, 0.29) is 6.04 Å². The largest absolute Gasteiger partial charge is 0.493 e. The molecule has 2 aliphatic heterocycles. The molecular formula is C17H26N2O. The van der Waals surface area contributed by atoms with Crippen LogP contribution in [0.25, 0.3) is 0 Å². The number of piperidine rings is 1. The molecular weight excluding hydrogens is 248 g/mol. The van der Waals surface area contributed by atoms with Crippen molar-refractivity contribution in [1.82, 2.24) is 4.90 Å². The van der Waals surface area contributed by atoms with E-state index in [1.54, 1.807) is 0 Å². The molecule has 0 saturated carbocycles. The Morgan fingerprint density at radius 3 is 2.65 bits per heavy atom. The summed E-state index contributed by atoms with van der Waals surface area (Å²) in [5.74, 6) is 1.36. The van der Waals surface area contributed by atoms with Crippen LogP contribution in [0.1, 0.15) is 44.7 Å². The molecule has 3 nitrogen and oxygen atoms in total. The molecule has 0 aliphatic carbocycles. The molecule has 1 fully saturated rings. The van der Waals surface area contributed by atoms with Gasteiger partial charge in [-0.15, -0.1) is 0 Å². The van der Waals surface area contributed by atoms with E-state index in [0.29, 0.717) is 18.0 Å². The van der Waals surface area contributed by atoms with E-state index in [1.807, 2.05) is 12.1 Å². The van der Waals surface area contributed by atoms with Gasteiger partial charge in [-0.1, -0.05) is 24.6 Å². The van der Waals surface area contributed by atoms with Crippen LogP contribution in [0.5, 0.6) is 5.75 Å². The van der Waals surface area contributed by atoms with Crippen LogP contribution in [-0.2, 0) is 0 Å². The van der Waals surface area contributed by atoms with Crippen LogP contribution in [0.15, 0.2) is 24.3 Å². The van der Waals surface area contributed by atoms with Crippen molar-refractivity contribution in [2.75, 3.05) is 13.2 Å². The first kappa shape index (κ1) is 13.9. The van der Waals surface area contributed by atoms with Crippen molar-refractivity contribution in [1.29, 1.82) is 0 Å². The van der Waals surface area contributed by atoms with Gasteiger partial charge in [0.1, 0.15) is 5.75 Å². The van der Waals surface area contributed by atoms with E-state index in [0.717, 1.165) is 18.9 Å². The number of ether oxygens (including phenoxy) is 1. The lowest BCUT2D eigenvalue weighted by atomic mass is 9.88. The molecule has 0 spiro atoms. The Labute approximate surface area is 122 Å². The Bertz CT molecular complexity index is 452. The van der Waals surface area contributed by atoms with Crippen LogP contribution in [0.4, 0.5) is 0 Å². The molecule has 2 N–H and O–H groups in total. The zero-order valence-electron chi connectivity index (χ0n) is 12.6.